The van der Waals surface area contributed by atoms with Crippen LogP contribution in [-0.2, 0) is 0 Å². The van der Waals surface area contributed by atoms with Gasteiger partial charge in [-0.2, -0.15) is 0 Å². The summed E-state index contributed by atoms with van der Waals surface area (Å²) in [4.78, 5) is 2.28. The minimum Gasteiger partial charge on any atom is -0.309 e. The summed E-state index contributed by atoms with van der Waals surface area (Å²) in [6, 6.07) is 0. The number of hydrogen-bond acceptors (Lipinski definition) is 1. The summed E-state index contributed by atoms with van der Waals surface area (Å²) in [5.74, 6) is 2.11. The Morgan fingerprint density at radius 1 is 1.07 bits per heavy atom. The van der Waals surface area contributed by atoms with Gasteiger partial charge in [0.1, 0.15) is 0 Å². The lowest BCUT2D eigenvalue weighted by atomic mass is 9.72. The van der Waals surface area contributed by atoms with E-state index in [-0.39, 0.29) is 0 Å². The average Bonchev–Trinajstić information content (AvgIpc) is 2.18. The molecule has 1 fully saturated rings. The molecule has 1 saturated carbocycles. The molecule has 0 aromatic carbocycles. The normalized spacial score (nSPS) is 25.3. The minimum atomic E-state index is 1.03. The summed E-state index contributed by atoms with van der Waals surface area (Å²) in [6.45, 7) is 7.67. The minimum absolute atomic E-state index is 1.03. The van der Waals surface area contributed by atoms with Crippen molar-refractivity contribution in [1.82, 2.24) is 4.90 Å². The Bertz CT molecular complexity index is 120. The highest BCUT2D eigenvalue weighted by atomic mass is 15.0. The Labute approximate surface area is 90.9 Å². The molecule has 1 aliphatic rings. The predicted molar refractivity (Wildman–Crippen MR) is 65.6 cm³/mol. The van der Waals surface area contributed by atoms with E-state index >= 15 is 0 Å². The van der Waals surface area contributed by atoms with E-state index in [1.807, 2.05) is 13.8 Å². The number of unbranched alkanes of at least 4 members (excludes halogenated alkanes) is 1. The highest BCUT2D eigenvalue weighted by molar-refractivity contribution is 4.76. The monoisotopic (exact) mass is 199 g/mol. The van der Waals surface area contributed by atoms with Gasteiger partial charge in [0.05, 0.1) is 0 Å². The molecule has 0 bridgehead atoms. The summed E-state index contributed by atoms with van der Waals surface area (Å²) < 4.78 is 0. The fraction of sp³-hybridized carbons (Fsp3) is 1.00. The van der Waals surface area contributed by atoms with Crippen LogP contribution in [-0.4, -0.2) is 25.5 Å². The summed E-state index contributed by atoms with van der Waals surface area (Å²) >= 11 is 0. The molecule has 1 nitrogen and oxygen atoms in total. The lowest BCUT2D eigenvalue weighted by Crippen LogP contribution is -2.23. The van der Waals surface area contributed by atoms with Gasteiger partial charge in [-0.05, 0) is 45.3 Å². The molecule has 1 unspecified atom stereocenters. The first kappa shape index (κ1) is 14.0. The maximum absolute atomic E-state index is 2.40. The van der Waals surface area contributed by atoms with Crippen molar-refractivity contribution >= 4 is 0 Å². The first-order valence-electron chi connectivity index (χ1n) is 6.35. The lowest BCUT2D eigenvalue weighted by molar-refractivity contribution is 0.177. The highest BCUT2D eigenvalue weighted by Crippen LogP contribution is 2.37. The summed E-state index contributed by atoms with van der Waals surface area (Å²) in [6.07, 6.45) is 7.29. The molecule has 0 N–H and O–H groups in total. The van der Waals surface area contributed by atoms with Gasteiger partial charge in [0.25, 0.3) is 0 Å². The third-order valence-electron chi connectivity index (χ3n) is 3.23. The molecule has 1 rings (SSSR count). The second-order valence-electron chi connectivity index (χ2n) is 4.61. The Hall–Kier alpha value is -0.0400. The van der Waals surface area contributed by atoms with E-state index in [0.717, 1.165) is 11.8 Å². The van der Waals surface area contributed by atoms with Crippen molar-refractivity contribution in [2.75, 3.05) is 20.6 Å². The summed E-state index contributed by atoms with van der Waals surface area (Å²) in [5.41, 5.74) is 0. The average molecular weight is 199 g/mol. The van der Waals surface area contributed by atoms with Gasteiger partial charge in [0.15, 0.2) is 0 Å². The van der Waals surface area contributed by atoms with E-state index in [0.29, 0.717) is 0 Å². The molecular formula is C13H29N. The molecule has 0 aromatic heterocycles. The van der Waals surface area contributed by atoms with E-state index in [1.54, 1.807) is 0 Å². The quantitative estimate of drug-likeness (QED) is 0.609. The molecule has 1 aliphatic carbocycles. The summed E-state index contributed by atoms with van der Waals surface area (Å²) in [7, 11) is 4.32. The van der Waals surface area contributed by atoms with Crippen LogP contribution in [0.25, 0.3) is 0 Å². The van der Waals surface area contributed by atoms with Crippen LogP contribution in [0.2, 0.25) is 0 Å². The van der Waals surface area contributed by atoms with Crippen LogP contribution in [0.3, 0.4) is 0 Å². The van der Waals surface area contributed by atoms with Gasteiger partial charge in [-0.25, -0.2) is 0 Å². The van der Waals surface area contributed by atoms with Crippen LogP contribution < -0.4 is 0 Å². The first-order chi connectivity index (χ1) is 6.70. The molecule has 14 heavy (non-hydrogen) atoms. The molecule has 0 aliphatic heterocycles. The molecule has 0 radical (unpaired) electrons. The molecule has 2 atom stereocenters. The molecule has 0 spiro atoms. The number of rotatable bonds is 5. The van der Waals surface area contributed by atoms with Gasteiger partial charge < -0.3 is 4.90 Å². The van der Waals surface area contributed by atoms with Crippen LogP contribution in [0.15, 0.2) is 0 Å². The second kappa shape index (κ2) is 8.28. The van der Waals surface area contributed by atoms with Gasteiger partial charge >= 0.3 is 0 Å². The molecule has 0 saturated heterocycles. The van der Waals surface area contributed by atoms with Crippen molar-refractivity contribution in [3.8, 4) is 0 Å². The lowest BCUT2D eigenvalue weighted by Gasteiger charge is -2.33. The maximum Gasteiger partial charge on any atom is -0.00248 e. The van der Waals surface area contributed by atoms with E-state index in [2.05, 4.69) is 25.9 Å². The van der Waals surface area contributed by atoms with Gasteiger partial charge in [0, 0.05) is 0 Å². The zero-order valence-corrected chi connectivity index (χ0v) is 10.8. The van der Waals surface area contributed by atoms with Crippen LogP contribution >= 0.6 is 0 Å². The molecule has 86 valence electrons. The summed E-state index contributed by atoms with van der Waals surface area (Å²) in [5, 5.41) is 0. The van der Waals surface area contributed by atoms with Gasteiger partial charge in [-0.1, -0.05) is 40.0 Å². The van der Waals surface area contributed by atoms with Crippen LogP contribution in [0.4, 0.5) is 0 Å². The molecule has 0 aromatic rings. The molecule has 1 heteroatoms. The van der Waals surface area contributed by atoms with E-state index < -0.39 is 0 Å². The van der Waals surface area contributed by atoms with E-state index in [9.17, 15) is 0 Å². The van der Waals surface area contributed by atoms with Crippen molar-refractivity contribution in [2.45, 2.75) is 52.9 Å². The molecular weight excluding hydrogens is 170 g/mol. The predicted octanol–water partition coefficient (Wildman–Crippen LogP) is 3.79. The van der Waals surface area contributed by atoms with Gasteiger partial charge in [-0.3, -0.25) is 0 Å². The Balaban J connectivity index is 0.000000791. The third kappa shape index (κ3) is 5.64. The number of hydrogen-bond donors (Lipinski definition) is 0. The Morgan fingerprint density at radius 2 is 1.71 bits per heavy atom. The standard InChI is InChI=1S/C11H23N.C2H6/c1-10-7-8-11(10)6-4-5-9-12(2)3;1-2/h10-11H,4-9H2,1-3H3;1-2H3/t10?,11-;/m0./s1. The third-order valence-corrected chi connectivity index (χ3v) is 3.23. The zero-order valence-electron chi connectivity index (χ0n) is 10.8. The van der Waals surface area contributed by atoms with Crippen molar-refractivity contribution in [2.24, 2.45) is 11.8 Å². The van der Waals surface area contributed by atoms with Crippen molar-refractivity contribution in [3.05, 3.63) is 0 Å². The van der Waals surface area contributed by atoms with Gasteiger partial charge in [-0.15, -0.1) is 0 Å². The zero-order chi connectivity index (χ0) is 11.0. The van der Waals surface area contributed by atoms with E-state index in [1.165, 1.54) is 38.6 Å². The van der Waals surface area contributed by atoms with Crippen molar-refractivity contribution in [1.29, 1.82) is 0 Å². The SMILES string of the molecule is CC.CC1CC[C@@H]1CCCCN(C)C. The van der Waals surface area contributed by atoms with Crippen molar-refractivity contribution in [3.63, 3.8) is 0 Å². The molecule has 0 amide bonds. The number of nitrogens with zero attached hydrogens (tertiary/aromatic N) is 1. The Morgan fingerprint density at radius 3 is 2.07 bits per heavy atom. The maximum atomic E-state index is 2.40. The van der Waals surface area contributed by atoms with E-state index in [4.69, 9.17) is 0 Å². The van der Waals surface area contributed by atoms with Crippen LogP contribution in [0, 0.1) is 11.8 Å². The smallest absolute Gasteiger partial charge is 0.00248 e. The molecule has 0 heterocycles. The topological polar surface area (TPSA) is 3.24 Å². The largest absolute Gasteiger partial charge is 0.309 e. The highest BCUT2D eigenvalue weighted by Gasteiger charge is 2.25. The second-order valence-corrected chi connectivity index (χ2v) is 4.61. The van der Waals surface area contributed by atoms with Crippen LogP contribution in [0.5, 0.6) is 0 Å². The van der Waals surface area contributed by atoms with Gasteiger partial charge in [0.2, 0.25) is 0 Å². The fourth-order valence-corrected chi connectivity index (χ4v) is 2.00. The fourth-order valence-electron chi connectivity index (χ4n) is 2.00. The first-order valence-corrected chi connectivity index (χ1v) is 6.35. The van der Waals surface area contributed by atoms with Crippen molar-refractivity contribution < 1.29 is 0 Å². The van der Waals surface area contributed by atoms with Crippen LogP contribution in [0.1, 0.15) is 52.9 Å². The Kier molecular flexibility index (Phi) is 8.26.